The molecule has 1 amide bonds. The van der Waals surface area contributed by atoms with Gasteiger partial charge in [0.15, 0.2) is 0 Å². The standard InChI is InChI=1S/C25H25N7O4/c1-17(28-24-26-13-12-23(29-24)31-16-27-21-6-2-3-7-22(21)31)18-5-4-14-30(15-18)25(33)36-20-10-8-19(9-11-20)32(34)35/h2-3,6-13,16-18H,4-5,14-15H2,1H3,(H,26,28,29). The minimum atomic E-state index is -0.494. The molecule has 2 atom stereocenters. The number of nitro groups is 1. The van der Waals surface area contributed by atoms with Crippen molar-refractivity contribution >= 4 is 28.8 Å². The van der Waals surface area contributed by atoms with Crippen LogP contribution in [0.2, 0.25) is 0 Å². The average Bonchev–Trinajstić information content (AvgIpc) is 3.33. The van der Waals surface area contributed by atoms with E-state index in [-0.39, 0.29) is 23.4 Å². The van der Waals surface area contributed by atoms with Gasteiger partial charge < -0.3 is 15.0 Å². The number of nitrogens with zero attached hydrogens (tertiary/aromatic N) is 6. The van der Waals surface area contributed by atoms with Crippen LogP contribution in [-0.2, 0) is 0 Å². The number of amides is 1. The van der Waals surface area contributed by atoms with Gasteiger partial charge in [-0.25, -0.2) is 14.8 Å². The van der Waals surface area contributed by atoms with Crippen molar-refractivity contribution in [2.75, 3.05) is 18.4 Å². The van der Waals surface area contributed by atoms with Gasteiger partial charge in [-0.05, 0) is 56.0 Å². The number of fused-ring (bicyclic) bond motifs is 1. The quantitative estimate of drug-likeness (QED) is 0.312. The normalized spacial score (nSPS) is 16.5. The maximum absolute atomic E-state index is 12.7. The zero-order chi connectivity index (χ0) is 25.1. The Bertz CT molecular complexity index is 1390. The second-order valence-electron chi connectivity index (χ2n) is 8.74. The number of imidazole rings is 1. The monoisotopic (exact) mass is 487 g/mol. The first-order valence-electron chi connectivity index (χ1n) is 11.7. The fourth-order valence-corrected chi connectivity index (χ4v) is 4.40. The fourth-order valence-electron chi connectivity index (χ4n) is 4.40. The Balaban J connectivity index is 1.22. The summed E-state index contributed by atoms with van der Waals surface area (Å²) in [4.78, 5) is 38.2. The summed E-state index contributed by atoms with van der Waals surface area (Å²) in [6.45, 7) is 3.17. The molecular weight excluding hydrogens is 462 g/mol. The van der Waals surface area contributed by atoms with E-state index in [1.165, 1.54) is 24.3 Å². The number of carbonyl (C=O) groups excluding carboxylic acids is 1. The predicted molar refractivity (Wildman–Crippen MR) is 133 cm³/mol. The fraction of sp³-hybridized carbons (Fsp3) is 0.280. The van der Waals surface area contributed by atoms with Gasteiger partial charge in [-0.1, -0.05) is 12.1 Å². The second-order valence-corrected chi connectivity index (χ2v) is 8.74. The van der Waals surface area contributed by atoms with Crippen molar-refractivity contribution in [2.45, 2.75) is 25.8 Å². The number of hydrogen-bond donors (Lipinski definition) is 1. The highest BCUT2D eigenvalue weighted by atomic mass is 16.6. The third kappa shape index (κ3) is 4.95. The van der Waals surface area contributed by atoms with Crippen LogP contribution >= 0.6 is 0 Å². The van der Waals surface area contributed by atoms with Gasteiger partial charge in [-0.3, -0.25) is 14.7 Å². The lowest BCUT2D eigenvalue weighted by Gasteiger charge is -2.35. The average molecular weight is 488 g/mol. The summed E-state index contributed by atoms with van der Waals surface area (Å²) in [5.41, 5.74) is 1.80. The molecule has 4 aromatic rings. The minimum Gasteiger partial charge on any atom is -0.410 e. The lowest BCUT2D eigenvalue weighted by atomic mass is 9.92. The Hall–Kier alpha value is -4.54. The highest BCUT2D eigenvalue weighted by Gasteiger charge is 2.29. The highest BCUT2D eigenvalue weighted by Crippen LogP contribution is 2.24. The third-order valence-corrected chi connectivity index (χ3v) is 6.37. The van der Waals surface area contributed by atoms with E-state index in [2.05, 4.69) is 27.2 Å². The summed E-state index contributed by atoms with van der Waals surface area (Å²) in [7, 11) is 0. The number of piperidine rings is 1. The molecule has 184 valence electrons. The number of para-hydroxylation sites is 2. The molecule has 0 spiro atoms. The van der Waals surface area contributed by atoms with Crippen molar-refractivity contribution < 1.29 is 14.5 Å². The van der Waals surface area contributed by atoms with Crippen LogP contribution in [0.4, 0.5) is 16.4 Å². The molecule has 2 aromatic carbocycles. The molecule has 0 radical (unpaired) electrons. The number of benzene rings is 2. The summed E-state index contributed by atoms with van der Waals surface area (Å²) in [5.74, 6) is 1.66. The molecule has 2 aromatic heterocycles. The number of hydrogen-bond acceptors (Lipinski definition) is 8. The largest absolute Gasteiger partial charge is 0.415 e. The number of likely N-dealkylation sites (tertiary alicyclic amines) is 1. The smallest absolute Gasteiger partial charge is 0.410 e. The van der Waals surface area contributed by atoms with Crippen molar-refractivity contribution in [2.24, 2.45) is 5.92 Å². The number of anilines is 1. The molecular formula is C25H25N7O4. The molecule has 1 saturated heterocycles. The number of nitro benzene ring substituents is 1. The lowest BCUT2D eigenvalue weighted by molar-refractivity contribution is -0.384. The van der Waals surface area contributed by atoms with E-state index in [9.17, 15) is 14.9 Å². The van der Waals surface area contributed by atoms with Crippen LogP contribution in [0.3, 0.4) is 0 Å². The van der Waals surface area contributed by atoms with Gasteiger partial charge >= 0.3 is 6.09 Å². The minimum absolute atomic E-state index is 0.00903. The van der Waals surface area contributed by atoms with Crippen LogP contribution in [-0.4, -0.2) is 54.6 Å². The summed E-state index contributed by atoms with van der Waals surface area (Å²) in [6, 6.07) is 15.2. The molecule has 1 aliphatic rings. The summed E-state index contributed by atoms with van der Waals surface area (Å²) >= 11 is 0. The molecule has 0 saturated carbocycles. The topological polar surface area (TPSA) is 128 Å². The Morgan fingerprint density at radius 2 is 1.97 bits per heavy atom. The SMILES string of the molecule is CC(Nc1nccc(-n2cnc3ccccc32)n1)C1CCCN(C(=O)Oc2ccc([N+](=O)[O-])cc2)C1. The molecule has 36 heavy (non-hydrogen) atoms. The van der Waals surface area contributed by atoms with Crippen molar-refractivity contribution in [1.29, 1.82) is 0 Å². The van der Waals surface area contributed by atoms with Gasteiger partial charge in [0.2, 0.25) is 5.95 Å². The van der Waals surface area contributed by atoms with E-state index in [1.807, 2.05) is 34.9 Å². The molecule has 11 heteroatoms. The summed E-state index contributed by atoms with van der Waals surface area (Å²) < 4.78 is 7.36. The van der Waals surface area contributed by atoms with Gasteiger partial charge in [-0.2, -0.15) is 4.98 Å². The summed E-state index contributed by atoms with van der Waals surface area (Å²) in [6.07, 6.45) is 4.78. The number of ether oxygens (including phenoxy) is 1. The van der Waals surface area contributed by atoms with Gasteiger partial charge in [0.1, 0.15) is 17.9 Å². The van der Waals surface area contributed by atoms with Crippen LogP contribution < -0.4 is 10.1 Å². The zero-order valence-corrected chi connectivity index (χ0v) is 19.7. The molecule has 0 aliphatic carbocycles. The van der Waals surface area contributed by atoms with Crippen molar-refractivity contribution in [1.82, 2.24) is 24.4 Å². The highest BCUT2D eigenvalue weighted by molar-refractivity contribution is 5.76. The van der Waals surface area contributed by atoms with Gasteiger partial charge in [0.05, 0.1) is 16.0 Å². The van der Waals surface area contributed by atoms with E-state index in [1.54, 1.807) is 17.4 Å². The van der Waals surface area contributed by atoms with E-state index in [0.717, 1.165) is 23.9 Å². The maximum Gasteiger partial charge on any atom is 0.415 e. The number of aromatic nitrogens is 4. The van der Waals surface area contributed by atoms with Gasteiger partial charge in [-0.15, -0.1) is 0 Å². The van der Waals surface area contributed by atoms with E-state index < -0.39 is 11.0 Å². The van der Waals surface area contributed by atoms with E-state index in [4.69, 9.17) is 4.74 Å². The third-order valence-electron chi connectivity index (χ3n) is 6.37. The maximum atomic E-state index is 12.7. The predicted octanol–water partition coefficient (Wildman–Crippen LogP) is 4.44. The van der Waals surface area contributed by atoms with Crippen LogP contribution in [0.25, 0.3) is 16.9 Å². The lowest BCUT2D eigenvalue weighted by Crippen LogP contribution is -2.45. The van der Waals surface area contributed by atoms with E-state index >= 15 is 0 Å². The molecule has 1 fully saturated rings. The van der Waals surface area contributed by atoms with E-state index in [0.29, 0.717) is 24.9 Å². The van der Waals surface area contributed by atoms with Crippen LogP contribution in [0.1, 0.15) is 19.8 Å². The molecule has 11 nitrogen and oxygen atoms in total. The van der Waals surface area contributed by atoms with Crippen molar-refractivity contribution in [3.63, 3.8) is 0 Å². The Labute approximate surface area is 206 Å². The first kappa shape index (κ1) is 23.2. The van der Waals surface area contributed by atoms with Gasteiger partial charge in [0.25, 0.3) is 5.69 Å². The van der Waals surface area contributed by atoms with Crippen molar-refractivity contribution in [3.8, 4) is 11.6 Å². The zero-order valence-electron chi connectivity index (χ0n) is 19.7. The number of nitrogens with one attached hydrogen (secondary N) is 1. The molecule has 5 rings (SSSR count). The molecule has 1 aliphatic heterocycles. The molecule has 0 bridgehead atoms. The Morgan fingerprint density at radius 3 is 2.78 bits per heavy atom. The van der Waals surface area contributed by atoms with Gasteiger partial charge in [0, 0.05) is 37.5 Å². The molecule has 2 unspecified atom stereocenters. The first-order valence-corrected chi connectivity index (χ1v) is 11.7. The molecule has 3 heterocycles. The Morgan fingerprint density at radius 1 is 1.17 bits per heavy atom. The Kier molecular flexibility index (Phi) is 6.44. The number of carbonyl (C=O) groups is 1. The number of non-ortho nitro benzene ring substituents is 1. The van der Waals surface area contributed by atoms with Crippen LogP contribution in [0.5, 0.6) is 5.75 Å². The number of rotatable bonds is 6. The van der Waals surface area contributed by atoms with Crippen LogP contribution in [0, 0.1) is 16.0 Å². The molecule has 1 N–H and O–H groups in total. The van der Waals surface area contributed by atoms with Crippen molar-refractivity contribution in [3.05, 3.63) is 77.2 Å². The summed E-state index contributed by atoms with van der Waals surface area (Å²) in [5, 5.41) is 14.2. The van der Waals surface area contributed by atoms with Crippen LogP contribution in [0.15, 0.2) is 67.1 Å². The second kappa shape index (κ2) is 9.98. The first-order chi connectivity index (χ1) is 17.5.